The molecular weight excluding hydrogens is 283 g/mol. The lowest BCUT2D eigenvalue weighted by Crippen LogP contribution is -2.36. The second kappa shape index (κ2) is 7.40. The lowest BCUT2D eigenvalue weighted by molar-refractivity contribution is 0.452. The number of nitrogens with two attached hydrogens (primary N) is 1. The summed E-state index contributed by atoms with van der Waals surface area (Å²) in [6, 6.07) is 9.74. The van der Waals surface area contributed by atoms with Gasteiger partial charge in [-0.25, -0.2) is 14.4 Å². The first-order valence-corrected chi connectivity index (χ1v) is 6.98. The van der Waals surface area contributed by atoms with Crippen LogP contribution in [0.4, 0.5) is 4.39 Å². The van der Waals surface area contributed by atoms with Crippen molar-refractivity contribution in [3.63, 3.8) is 0 Å². The van der Waals surface area contributed by atoms with E-state index >= 15 is 0 Å². The van der Waals surface area contributed by atoms with Gasteiger partial charge in [0.2, 0.25) is 5.88 Å². The van der Waals surface area contributed by atoms with Crippen molar-refractivity contribution in [1.29, 1.82) is 0 Å². The Labute approximate surface area is 129 Å². The lowest BCUT2D eigenvalue weighted by Gasteiger charge is -2.10. The van der Waals surface area contributed by atoms with Crippen molar-refractivity contribution < 1.29 is 9.13 Å². The van der Waals surface area contributed by atoms with Crippen LogP contribution in [-0.4, -0.2) is 17.0 Å². The maximum Gasteiger partial charge on any atom is 0.224 e. The van der Waals surface area contributed by atoms with Gasteiger partial charge in [0.15, 0.2) is 5.96 Å². The van der Waals surface area contributed by atoms with Gasteiger partial charge in [0, 0.05) is 23.9 Å². The highest BCUT2D eigenvalue weighted by molar-refractivity contribution is 5.78. The molecule has 3 N–H and O–H groups in total. The number of rotatable bonds is 5. The lowest BCUT2D eigenvalue weighted by atomic mass is 10.2. The molecule has 6 heteroatoms. The van der Waals surface area contributed by atoms with Gasteiger partial charge in [-0.2, -0.15) is 0 Å². The van der Waals surface area contributed by atoms with E-state index in [-0.39, 0.29) is 11.9 Å². The summed E-state index contributed by atoms with van der Waals surface area (Å²) in [5.74, 6) is 0.764. The van der Waals surface area contributed by atoms with E-state index < -0.39 is 0 Å². The third-order valence-electron chi connectivity index (χ3n) is 2.72. The Morgan fingerprint density at radius 3 is 2.91 bits per heavy atom. The molecule has 0 spiro atoms. The van der Waals surface area contributed by atoms with E-state index in [4.69, 9.17) is 10.5 Å². The molecule has 1 aromatic heterocycles. The van der Waals surface area contributed by atoms with Crippen molar-refractivity contribution in [1.82, 2.24) is 10.3 Å². The second-order valence-electron chi connectivity index (χ2n) is 5.03. The average Bonchev–Trinajstić information content (AvgIpc) is 2.46. The Morgan fingerprint density at radius 2 is 2.18 bits per heavy atom. The summed E-state index contributed by atoms with van der Waals surface area (Å²) in [6.45, 7) is 4.28. The van der Waals surface area contributed by atoms with Gasteiger partial charge in [0.25, 0.3) is 0 Å². The van der Waals surface area contributed by atoms with E-state index in [1.165, 1.54) is 12.1 Å². The SMILES string of the molecule is CC(C)NC(N)=NCc1cccnc1Oc1cccc(F)c1. The highest BCUT2D eigenvalue weighted by atomic mass is 19.1. The summed E-state index contributed by atoms with van der Waals surface area (Å²) in [5.41, 5.74) is 6.54. The Hall–Kier alpha value is -2.63. The smallest absolute Gasteiger partial charge is 0.224 e. The summed E-state index contributed by atoms with van der Waals surface area (Å²) in [4.78, 5) is 8.41. The first-order chi connectivity index (χ1) is 10.5. The summed E-state index contributed by atoms with van der Waals surface area (Å²) in [6.07, 6.45) is 1.61. The number of pyridine rings is 1. The Kier molecular flexibility index (Phi) is 5.30. The van der Waals surface area contributed by atoms with Gasteiger partial charge in [-0.05, 0) is 32.0 Å². The number of hydrogen-bond acceptors (Lipinski definition) is 3. The Bertz CT molecular complexity index is 658. The quantitative estimate of drug-likeness (QED) is 0.658. The van der Waals surface area contributed by atoms with Crippen molar-refractivity contribution >= 4 is 5.96 Å². The maximum absolute atomic E-state index is 13.2. The molecule has 0 aliphatic carbocycles. The maximum atomic E-state index is 13.2. The number of benzene rings is 1. The van der Waals surface area contributed by atoms with Crippen LogP contribution < -0.4 is 15.8 Å². The van der Waals surface area contributed by atoms with Gasteiger partial charge < -0.3 is 15.8 Å². The highest BCUT2D eigenvalue weighted by Crippen LogP contribution is 2.23. The minimum Gasteiger partial charge on any atom is -0.439 e. The molecule has 0 amide bonds. The topological polar surface area (TPSA) is 72.5 Å². The van der Waals surface area contributed by atoms with Crippen molar-refractivity contribution in [3.8, 4) is 11.6 Å². The van der Waals surface area contributed by atoms with E-state index in [1.54, 1.807) is 24.4 Å². The molecule has 0 bridgehead atoms. The van der Waals surface area contributed by atoms with Crippen LogP contribution in [0, 0.1) is 5.82 Å². The molecule has 2 rings (SSSR count). The molecule has 0 saturated carbocycles. The first kappa shape index (κ1) is 15.8. The molecule has 5 nitrogen and oxygen atoms in total. The first-order valence-electron chi connectivity index (χ1n) is 6.98. The Balaban J connectivity index is 2.13. The van der Waals surface area contributed by atoms with Gasteiger partial charge in [-0.3, -0.25) is 0 Å². The largest absolute Gasteiger partial charge is 0.439 e. The molecule has 0 unspecified atom stereocenters. The van der Waals surface area contributed by atoms with Gasteiger partial charge >= 0.3 is 0 Å². The number of aromatic nitrogens is 1. The minimum atomic E-state index is -0.363. The van der Waals surface area contributed by atoms with E-state index in [2.05, 4.69) is 15.3 Å². The van der Waals surface area contributed by atoms with Crippen LogP contribution >= 0.6 is 0 Å². The molecule has 2 aromatic rings. The van der Waals surface area contributed by atoms with Crippen LogP contribution in [0.1, 0.15) is 19.4 Å². The normalized spacial score (nSPS) is 11.5. The number of nitrogens with zero attached hydrogens (tertiary/aromatic N) is 2. The fraction of sp³-hybridized carbons (Fsp3) is 0.250. The summed E-state index contributed by atoms with van der Waals surface area (Å²) in [7, 11) is 0. The van der Waals surface area contributed by atoms with Crippen molar-refractivity contribution in [2.45, 2.75) is 26.4 Å². The predicted molar refractivity (Wildman–Crippen MR) is 84.3 cm³/mol. The molecule has 0 atom stereocenters. The van der Waals surface area contributed by atoms with Crippen LogP contribution in [0.5, 0.6) is 11.6 Å². The molecule has 0 aliphatic rings. The molecule has 22 heavy (non-hydrogen) atoms. The van der Waals surface area contributed by atoms with Gasteiger partial charge in [-0.1, -0.05) is 12.1 Å². The van der Waals surface area contributed by atoms with Crippen LogP contribution in [0.25, 0.3) is 0 Å². The second-order valence-corrected chi connectivity index (χ2v) is 5.03. The van der Waals surface area contributed by atoms with E-state index in [1.807, 2.05) is 19.9 Å². The molecule has 0 saturated heterocycles. The van der Waals surface area contributed by atoms with Crippen LogP contribution in [0.15, 0.2) is 47.6 Å². The van der Waals surface area contributed by atoms with Crippen LogP contribution in [0.2, 0.25) is 0 Å². The summed E-state index contributed by atoms with van der Waals surface area (Å²) >= 11 is 0. The van der Waals surface area contributed by atoms with Crippen molar-refractivity contribution in [2.75, 3.05) is 0 Å². The number of halogens is 1. The number of hydrogen-bond donors (Lipinski definition) is 2. The van der Waals surface area contributed by atoms with E-state index in [0.29, 0.717) is 24.1 Å². The molecular formula is C16H19FN4O. The van der Waals surface area contributed by atoms with E-state index in [0.717, 1.165) is 5.56 Å². The van der Waals surface area contributed by atoms with E-state index in [9.17, 15) is 4.39 Å². The summed E-state index contributed by atoms with van der Waals surface area (Å²) < 4.78 is 18.8. The Morgan fingerprint density at radius 1 is 1.36 bits per heavy atom. The zero-order valence-corrected chi connectivity index (χ0v) is 12.6. The van der Waals surface area contributed by atoms with Crippen molar-refractivity contribution in [3.05, 3.63) is 54.0 Å². The average molecular weight is 302 g/mol. The fourth-order valence-corrected chi connectivity index (χ4v) is 1.79. The molecule has 0 fully saturated rings. The zero-order valence-electron chi connectivity index (χ0n) is 12.6. The zero-order chi connectivity index (χ0) is 15.9. The highest BCUT2D eigenvalue weighted by Gasteiger charge is 2.07. The molecule has 116 valence electrons. The van der Waals surface area contributed by atoms with Crippen molar-refractivity contribution in [2.24, 2.45) is 10.7 Å². The molecule has 0 radical (unpaired) electrons. The fourth-order valence-electron chi connectivity index (χ4n) is 1.79. The van der Waals surface area contributed by atoms with Crippen LogP contribution in [-0.2, 0) is 6.54 Å². The number of aliphatic imine (C=N–C) groups is 1. The van der Waals surface area contributed by atoms with Gasteiger partial charge in [0.05, 0.1) is 6.54 Å². The van der Waals surface area contributed by atoms with Gasteiger partial charge in [0.1, 0.15) is 11.6 Å². The number of nitrogens with one attached hydrogen (secondary N) is 1. The molecule has 1 aromatic carbocycles. The standard InChI is InChI=1S/C16H19FN4O/c1-11(2)21-16(18)20-10-12-5-4-8-19-15(12)22-14-7-3-6-13(17)9-14/h3-9,11H,10H2,1-2H3,(H3,18,20,21). The number of guanidine groups is 1. The third-order valence-corrected chi connectivity index (χ3v) is 2.72. The molecule has 0 aliphatic heterocycles. The third kappa shape index (κ3) is 4.73. The number of ether oxygens (including phenoxy) is 1. The molecule has 1 heterocycles. The summed E-state index contributed by atoms with van der Waals surface area (Å²) in [5, 5.41) is 3.01. The predicted octanol–water partition coefficient (Wildman–Crippen LogP) is 2.83. The van der Waals surface area contributed by atoms with Gasteiger partial charge in [-0.15, -0.1) is 0 Å². The minimum absolute atomic E-state index is 0.209. The van der Waals surface area contributed by atoms with Crippen LogP contribution in [0.3, 0.4) is 0 Å². The monoisotopic (exact) mass is 302 g/mol.